The molecule has 0 aliphatic carbocycles. The summed E-state index contributed by atoms with van der Waals surface area (Å²) in [7, 11) is 0. The molecule has 0 saturated carbocycles. The highest BCUT2D eigenvalue weighted by Crippen LogP contribution is 2.11. The van der Waals surface area contributed by atoms with Gasteiger partial charge < -0.3 is 9.63 Å². The summed E-state index contributed by atoms with van der Waals surface area (Å²) in [6.45, 7) is 2.06. The van der Waals surface area contributed by atoms with Crippen LogP contribution in [0.25, 0.3) is 0 Å². The summed E-state index contributed by atoms with van der Waals surface area (Å²) in [5, 5.41) is 12.2. The molecule has 13 heavy (non-hydrogen) atoms. The van der Waals surface area contributed by atoms with E-state index in [1.807, 2.05) is 0 Å². The standard InChI is InChI=1S/C9H13NO3/c1-2-3-7-6-13-10-8(7)4-5-9(11)12/h6H,2-5H2,1H3,(H,11,12). The Labute approximate surface area is 76.5 Å². The normalized spacial score (nSPS) is 10.2. The van der Waals surface area contributed by atoms with Gasteiger partial charge in [0.15, 0.2) is 0 Å². The first-order valence-electron chi connectivity index (χ1n) is 4.38. The lowest BCUT2D eigenvalue weighted by Gasteiger charge is -1.95. The molecule has 0 spiro atoms. The molecule has 1 heterocycles. The summed E-state index contributed by atoms with van der Waals surface area (Å²) in [6.07, 6.45) is 4.09. The van der Waals surface area contributed by atoms with Crippen LogP contribution < -0.4 is 0 Å². The van der Waals surface area contributed by atoms with Crippen LogP contribution in [0.3, 0.4) is 0 Å². The second-order valence-electron chi connectivity index (χ2n) is 2.93. The van der Waals surface area contributed by atoms with E-state index in [-0.39, 0.29) is 6.42 Å². The first kappa shape index (κ1) is 9.77. The lowest BCUT2D eigenvalue weighted by Crippen LogP contribution is -1.99. The van der Waals surface area contributed by atoms with Gasteiger partial charge in [-0.3, -0.25) is 4.79 Å². The molecule has 72 valence electrons. The number of hydrogen-bond acceptors (Lipinski definition) is 3. The van der Waals surface area contributed by atoms with Crippen LogP contribution in [0.1, 0.15) is 31.0 Å². The SMILES string of the molecule is CCCc1conc1CCC(=O)O. The number of hydrogen-bond donors (Lipinski definition) is 1. The number of aromatic nitrogens is 1. The van der Waals surface area contributed by atoms with E-state index in [4.69, 9.17) is 9.63 Å². The number of nitrogens with zero attached hydrogens (tertiary/aromatic N) is 1. The van der Waals surface area contributed by atoms with E-state index in [2.05, 4.69) is 12.1 Å². The Bertz CT molecular complexity index is 280. The van der Waals surface area contributed by atoms with Gasteiger partial charge in [-0.25, -0.2) is 0 Å². The van der Waals surface area contributed by atoms with E-state index in [0.29, 0.717) is 6.42 Å². The first-order chi connectivity index (χ1) is 6.24. The molecule has 0 radical (unpaired) electrons. The molecule has 0 aromatic carbocycles. The van der Waals surface area contributed by atoms with Gasteiger partial charge in [0.05, 0.1) is 12.1 Å². The second-order valence-corrected chi connectivity index (χ2v) is 2.93. The molecule has 0 saturated heterocycles. The number of rotatable bonds is 5. The summed E-state index contributed by atoms with van der Waals surface area (Å²) in [5.41, 5.74) is 1.81. The molecule has 0 aliphatic heterocycles. The second kappa shape index (κ2) is 4.64. The number of carboxylic acids is 1. The van der Waals surface area contributed by atoms with E-state index in [1.165, 1.54) is 0 Å². The third-order valence-electron chi connectivity index (χ3n) is 1.82. The highest BCUT2D eigenvalue weighted by molar-refractivity contribution is 5.67. The minimum atomic E-state index is -0.801. The molecule has 0 fully saturated rings. The zero-order valence-electron chi connectivity index (χ0n) is 7.62. The predicted octanol–water partition coefficient (Wildman–Crippen LogP) is 1.64. The molecule has 1 aromatic rings. The predicted molar refractivity (Wildman–Crippen MR) is 46.5 cm³/mol. The van der Waals surface area contributed by atoms with Crippen molar-refractivity contribution in [2.75, 3.05) is 0 Å². The van der Waals surface area contributed by atoms with Gasteiger partial charge in [0.1, 0.15) is 6.26 Å². The summed E-state index contributed by atoms with van der Waals surface area (Å²) in [4.78, 5) is 10.3. The van der Waals surface area contributed by atoms with E-state index in [1.54, 1.807) is 6.26 Å². The van der Waals surface area contributed by atoms with E-state index in [0.717, 1.165) is 24.1 Å². The van der Waals surface area contributed by atoms with Gasteiger partial charge in [-0.2, -0.15) is 0 Å². The molecular formula is C9H13NO3. The van der Waals surface area contributed by atoms with Crippen LogP contribution in [-0.2, 0) is 17.6 Å². The Morgan fingerprint density at radius 2 is 2.38 bits per heavy atom. The Balaban J connectivity index is 2.54. The number of carboxylic acid groups (broad SMARTS) is 1. The molecule has 1 aromatic heterocycles. The highest BCUT2D eigenvalue weighted by Gasteiger charge is 2.08. The van der Waals surface area contributed by atoms with Crippen molar-refractivity contribution in [3.8, 4) is 0 Å². The Kier molecular flexibility index (Phi) is 3.49. The third-order valence-corrected chi connectivity index (χ3v) is 1.82. The zero-order valence-corrected chi connectivity index (χ0v) is 7.62. The Hall–Kier alpha value is -1.32. The van der Waals surface area contributed by atoms with E-state index in [9.17, 15) is 4.79 Å². The van der Waals surface area contributed by atoms with E-state index < -0.39 is 5.97 Å². The van der Waals surface area contributed by atoms with Crippen molar-refractivity contribution in [1.29, 1.82) is 0 Å². The summed E-state index contributed by atoms with van der Waals surface area (Å²) in [5.74, 6) is -0.801. The summed E-state index contributed by atoms with van der Waals surface area (Å²) >= 11 is 0. The fourth-order valence-corrected chi connectivity index (χ4v) is 1.18. The first-order valence-corrected chi connectivity index (χ1v) is 4.38. The molecule has 0 amide bonds. The van der Waals surface area contributed by atoms with Gasteiger partial charge in [-0.15, -0.1) is 0 Å². The average Bonchev–Trinajstić information content (AvgIpc) is 2.49. The topological polar surface area (TPSA) is 63.3 Å². The number of carbonyl (C=O) groups is 1. The van der Waals surface area contributed by atoms with Gasteiger partial charge in [-0.05, 0) is 6.42 Å². The van der Waals surface area contributed by atoms with Crippen molar-refractivity contribution in [3.05, 3.63) is 17.5 Å². The minimum Gasteiger partial charge on any atom is -0.481 e. The van der Waals surface area contributed by atoms with Crippen LogP contribution >= 0.6 is 0 Å². The van der Waals surface area contributed by atoms with Crippen molar-refractivity contribution in [1.82, 2.24) is 5.16 Å². The molecule has 0 unspecified atom stereocenters. The van der Waals surface area contributed by atoms with E-state index >= 15 is 0 Å². The Morgan fingerprint density at radius 1 is 1.62 bits per heavy atom. The average molecular weight is 183 g/mol. The zero-order chi connectivity index (χ0) is 9.68. The quantitative estimate of drug-likeness (QED) is 0.753. The van der Waals surface area contributed by atoms with Crippen LogP contribution in [0.2, 0.25) is 0 Å². The smallest absolute Gasteiger partial charge is 0.303 e. The van der Waals surface area contributed by atoms with Crippen LogP contribution in [0.5, 0.6) is 0 Å². The minimum absolute atomic E-state index is 0.114. The van der Waals surface area contributed by atoms with Crippen molar-refractivity contribution >= 4 is 5.97 Å². The van der Waals surface area contributed by atoms with Crippen molar-refractivity contribution in [2.45, 2.75) is 32.6 Å². The van der Waals surface area contributed by atoms with Crippen LogP contribution in [0.4, 0.5) is 0 Å². The highest BCUT2D eigenvalue weighted by atomic mass is 16.5. The fraction of sp³-hybridized carbons (Fsp3) is 0.556. The molecule has 1 N–H and O–H groups in total. The molecule has 4 nitrogen and oxygen atoms in total. The summed E-state index contributed by atoms with van der Waals surface area (Å²) in [6, 6.07) is 0. The van der Waals surface area contributed by atoms with Crippen molar-refractivity contribution < 1.29 is 14.4 Å². The lowest BCUT2D eigenvalue weighted by atomic mass is 10.1. The van der Waals surface area contributed by atoms with Crippen LogP contribution in [0.15, 0.2) is 10.8 Å². The van der Waals surface area contributed by atoms with Gasteiger partial charge in [0, 0.05) is 12.0 Å². The molecule has 4 heteroatoms. The number of aliphatic carboxylic acids is 1. The molecular weight excluding hydrogens is 170 g/mol. The molecule has 0 aliphatic rings. The van der Waals surface area contributed by atoms with Crippen molar-refractivity contribution in [3.63, 3.8) is 0 Å². The molecule has 0 bridgehead atoms. The van der Waals surface area contributed by atoms with Crippen molar-refractivity contribution in [2.24, 2.45) is 0 Å². The maximum atomic E-state index is 10.3. The maximum Gasteiger partial charge on any atom is 0.303 e. The Morgan fingerprint density at radius 3 is 3.00 bits per heavy atom. The maximum absolute atomic E-state index is 10.3. The lowest BCUT2D eigenvalue weighted by molar-refractivity contribution is -0.136. The van der Waals surface area contributed by atoms with Gasteiger partial charge in [0.25, 0.3) is 0 Å². The van der Waals surface area contributed by atoms with Gasteiger partial charge in [0.2, 0.25) is 0 Å². The van der Waals surface area contributed by atoms with Crippen LogP contribution in [0, 0.1) is 0 Å². The molecule has 0 atom stereocenters. The van der Waals surface area contributed by atoms with Gasteiger partial charge >= 0.3 is 5.97 Å². The number of aryl methyl sites for hydroxylation is 2. The largest absolute Gasteiger partial charge is 0.481 e. The fourth-order valence-electron chi connectivity index (χ4n) is 1.18. The molecule has 1 rings (SSSR count). The van der Waals surface area contributed by atoms with Crippen LogP contribution in [-0.4, -0.2) is 16.2 Å². The summed E-state index contributed by atoms with van der Waals surface area (Å²) < 4.78 is 4.79. The van der Waals surface area contributed by atoms with Gasteiger partial charge in [-0.1, -0.05) is 18.5 Å². The third kappa shape index (κ3) is 2.89. The monoisotopic (exact) mass is 183 g/mol.